The number of aryl methyl sites for hydroxylation is 1. The zero-order valence-electron chi connectivity index (χ0n) is 12.2. The maximum absolute atomic E-state index is 12.1. The van der Waals surface area contributed by atoms with Gasteiger partial charge in [0.1, 0.15) is 5.00 Å². The Morgan fingerprint density at radius 3 is 2.41 bits per heavy atom. The van der Waals surface area contributed by atoms with Gasteiger partial charge in [-0.25, -0.2) is 4.79 Å². The molecule has 0 bridgehead atoms. The summed E-state index contributed by atoms with van der Waals surface area (Å²) in [5, 5.41) is 12.3. The van der Waals surface area contributed by atoms with E-state index in [2.05, 4.69) is 5.32 Å². The molecule has 1 aliphatic carbocycles. The zero-order chi connectivity index (χ0) is 15.7. The predicted octanol–water partition coefficient (Wildman–Crippen LogP) is 1.89. The Kier molecular flexibility index (Phi) is 4.15. The summed E-state index contributed by atoms with van der Waals surface area (Å²) >= 11 is 1.30. The van der Waals surface area contributed by atoms with Crippen LogP contribution in [0.25, 0.3) is 0 Å². The summed E-state index contributed by atoms with van der Waals surface area (Å²) in [7, 11) is 0. The summed E-state index contributed by atoms with van der Waals surface area (Å²) in [5.74, 6) is -2.34. The fraction of sp³-hybridized carbons (Fsp3) is 0.533. The molecule has 1 fully saturated rings. The van der Waals surface area contributed by atoms with Crippen molar-refractivity contribution < 1.29 is 19.5 Å². The summed E-state index contributed by atoms with van der Waals surface area (Å²) < 4.78 is 0. The molecule has 0 atom stereocenters. The molecule has 1 aliphatic heterocycles. The van der Waals surface area contributed by atoms with Gasteiger partial charge < -0.3 is 15.3 Å². The van der Waals surface area contributed by atoms with E-state index >= 15 is 0 Å². The number of fused-ring (bicyclic) bond motifs is 1. The van der Waals surface area contributed by atoms with Crippen LogP contribution in [0, 0.1) is 0 Å². The minimum atomic E-state index is -1.04. The second kappa shape index (κ2) is 6.08. The number of thiophene rings is 1. The van der Waals surface area contributed by atoms with E-state index < -0.39 is 17.8 Å². The van der Waals surface area contributed by atoms with Crippen LogP contribution in [0.15, 0.2) is 0 Å². The molecule has 0 radical (unpaired) electrons. The summed E-state index contributed by atoms with van der Waals surface area (Å²) in [6.45, 7) is 1.19. The molecule has 0 unspecified atom stereocenters. The Labute approximate surface area is 132 Å². The van der Waals surface area contributed by atoms with Gasteiger partial charge in [-0.1, -0.05) is 0 Å². The number of likely N-dealkylation sites (tertiary alicyclic amines) is 1. The molecule has 0 spiro atoms. The van der Waals surface area contributed by atoms with E-state index in [1.54, 1.807) is 0 Å². The molecule has 6 nitrogen and oxygen atoms in total. The standard InChI is InChI=1S/C15H18N2O4S/c18-12(14(19)17-7-3-4-8-17)16-13-11(15(20)21)9-5-1-2-6-10(9)22-13/h1-8H2,(H,16,18)(H,20,21). The molecule has 0 saturated carbocycles. The van der Waals surface area contributed by atoms with Crippen molar-refractivity contribution >= 4 is 34.1 Å². The first-order valence-electron chi connectivity index (χ1n) is 7.56. The van der Waals surface area contributed by atoms with E-state index in [0.29, 0.717) is 18.1 Å². The number of anilines is 1. The number of aromatic carboxylic acids is 1. The molecule has 2 N–H and O–H groups in total. The van der Waals surface area contributed by atoms with Crippen molar-refractivity contribution in [2.45, 2.75) is 38.5 Å². The molecular formula is C15H18N2O4S. The maximum Gasteiger partial charge on any atom is 0.339 e. The third kappa shape index (κ3) is 2.72. The first-order valence-corrected chi connectivity index (χ1v) is 8.37. The average molecular weight is 322 g/mol. The monoisotopic (exact) mass is 322 g/mol. The summed E-state index contributed by atoms with van der Waals surface area (Å²) in [6, 6.07) is 0. The van der Waals surface area contributed by atoms with Crippen LogP contribution in [0.4, 0.5) is 5.00 Å². The van der Waals surface area contributed by atoms with Crippen LogP contribution in [-0.4, -0.2) is 40.9 Å². The molecule has 2 aliphatic rings. The number of rotatable bonds is 2. The second-order valence-corrected chi connectivity index (χ2v) is 6.78. The molecule has 1 aromatic rings. The highest BCUT2D eigenvalue weighted by molar-refractivity contribution is 7.17. The third-order valence-electron chi connectivity index (χ3n) is 4.20. The quantitative estimate of drug-likeness (QED) is 0.814. The van der Waals surface area contributed by atoms with E-state index in [9.17, 15) is 19.5 Å². The van der Waals surface area contributed by atoms with Gasteiger partial charge in [0.05, 0.1) is 5.56 Å². The van der Waals surface area contributed by atoms with Gasteiger partial charge in [-0.15, -0.1) is 11.3 Å². The molecular weight excluding hydrogens is 304 g/mol. The van der Waals surface area contributed by atoms with Crippen molar-refractivity contribution in [1.29, 1.82) is 0 Å². The van der Waals surface area contributed by atoms with E-state index in [0.717, 1.165) is 49.0 Å². The lowest BCUT2D eigenvalue weighted by Gasteiger charge is -2.14. The first-order chi connectivity index (χ1) is 10.6. The van der Waals surface area contributed by atoms with Gasteiger partial charge >= 0.3 is 17.8 Å². The summed E-state index contributed by atoms with van der Waals surface area (Å²) in [6.07, 6.45) is 5.38. The van der Waals surface area contributed by atoms with Crippen LogP contribution in [0.1, 0.15) is 46.5 Å². The van der Waals surface area contributed by atoms with Crippen LogP contribution >= 0.6 is 11.3 Å². The van der Waals surface area contributed by atoms with Crippen molar-refractivity contribution in [1.82, 2.24) is 4.90 Å². The van der Waals surface area contributed by atoms with Crippen LogP contribution in [0.2, 0.25) is 0 Å². The minimum Gasteiger partial charge on any atom is -0.478 e. The Hall–Kier alpha value is -1.89. The largest absolute Gasteiger partial charge is 0.478 e. The predicted molar refractivity (Wildman–Crippen MR) is 82.4 cm³/mol. The fourth-order valence-corrected chi connectivity index (χ4v) is 4.38. The molecule has 7 heteroatoms. The van der Waals surface area contributed by atoms with Gasteiger partial charge in [0.2, 0.25) is 0 Å². The Balaban J connectivity index is 1.82. The number of hydrogen-bond donors (Lipinski definition) is 2. The van der Waals surface area contributed by atoms with Crippen molar-refractivity contribution in [2.75, 3.05) is 18.4 Å². The highest BCUT2D eigenvalue weighted by atomic mass is 32.1. The van der Waals surface area contributed by atoms with Crippen molar-refractivity contribution in [3.63, 3.8) is 0 Å². The number of carbonyl (C=O) groups excluding carboxylic acids is 2. The van der Waals surface area contributed by atoms with Crippen LogP contribution in [0.3, 0.4) is 0 Å². The number of nitrogens with zero attached hydrogens (tertiary/aromatic N) is 1. The average Bonchev–Trinajstić information content (AvgIpc) is 3.13. The molecule has 2 amide bonds. The normalized spacial score (nSPS) is 17.2. The topological polar surface area (TPSA) is 86.7 Å². The van der Waals surface area contributed by atoms with E-state index in [-0.39, 0.29) is 5.56 Å². The van der Waals surface area contributed by atoms with Gasteiger partial charge in [0.15, 0.2) is 0 Å². The van der Waals surface area contributed by atoms with Gasteiger partial charge in [-0.3, -0.25) is 9.59 Å². The Morgan fingerprint density at radius 1 is 1.05 bits per heavy atom. The van der Waals surface area contributed by atoms with E-state index in [1.807, 2.05) is 0 Å². The van der Waals surface area contributed by atoms with E-state index in [1.165, 1.54) is 16.2 Å². The smallest absolute Gasteiger partial charge is 0.339 e. The lowest BCUT2D eigenvalue weighted by atomic mass is 9.95. The van der Waals surface area contributed by atoms with Crippen molar-refractivity contribution in [3.8, 4) is 0 Å². The molecule has 2 heterocycles. The fourth-order valence-electron chi connectivity index (χ4n) is 3.10. The third-order valence-corrected chi connectivity index (χ3v) is 5.41. The maximum atomic E-state index is 12.1. The van der Waals surface area contributed by atoms with Gasteiger partial charge in [0.25, 0.3) is 0 Å². The Morgan fingerprint density at radius 2 is 1.73 bits per heavy atom. The SMILES string of the molecule is O=C(Nc1sc2c(c1C(=O)O)CCCC2)C(=O)N1CCCC1. The number of carboxylic acid groups (broad SMARTS) is 1. The zero-order valence-corrected chi connectivity index (χ0v) is 13.0. The minimum absolute atomic E-state index is 0.169. The lowest BCUT2D eigenvalue weighted by Crippen LogP contribution is -2.37. The molecule has 118 valence electrons. The molecule has 0 aromatic carbocycles. The van der Waals surface area contributed by atoms with Gasteiger partial charge in [-0.2, -0.15) is 0 Å². The van der Waals surface area contributed by atoms with E-state index in [4.69, 9.17) is 0 Å². The number of nitrogens with one attached hydrogen (secondary N) is 1. The second-order valence-electron chi connectivity index (χ2n) is 5.67. The number of hydrogen-bond acceptors (Lipinski definition) is 4. The summed E-state index contributed by atoms with van der Waals surface area (Å²) in [4.78, 5) is 38.2. The molecule has 3 rings (SSSR count). The van der Waals surface area contributed by atoms with Crippen LogP contribution in [-0.2, 0) is 22.4 Å². The van der Waals surface area contributed by atoms with Gasteiger partial charge in [0, 0.05) is 18.0 Å². The lowest BCUT2D eigenvalue weighted by molar-refractivity contribution is -0.142. The number of carbonyl (C=O) groups is 3. The van der Waals surface area contributed by atoms with Crippen LogP contribution in [0.5, 0.6) is 0 Å². The molecule has 22 heavy (non-hydrogen) atoms. The molecule has 1 aromatic heterocycles. The number of carboxylic acids is 1. The Bertz CT molecular complexity index is 632. The van der Waals surface area contributed by atoms with Crippen molar-refractivity contribution in [3.05, 3.63) is 16.0 Å². The number of amides is 2. The first kappa shape index (κ1) is 15.0. The van der Waals surface area contributed by atoms with Crippen molar-refractivity contribution in [2.24, 2.45) is 0 Å². The highest BCUT2D eigenvalue weighted by Gasteiger charge is 2.29. The molecule has 1 saturated heterocycles. The highest BCUT2D eigenvalue weighted by Crippen LogP contribution is 2.38. The summed E-state index contributed by atoms with van der Waals surface area (Å²) in [5.41, 5.74) is 0.995. The van der Waals surface area contributed by atoms with Gasteiger partial charge in [-0.05, 0) is 44.1 Å². The van der Waals surface area contributed by atoms with Crippen LogP contribution < -0.4 is 5.32 Å².